The Labute approximate surface area is 102 Å². The number of methoxy groups -OCH3 is 1. The monoisotopic (exact) mass is 242 g/mol. The quantitative estimate of drug-likeness (QED) is 0.798. The third-order valence-electron chi connectivity index (χ3n) is 2.52. The molecule has 0 fully saturated rings. The summed E-state index contributed by atoms with van der Waals surface area (Å²) < 4.78 is 5.31. The Morgan fingerprint density at radius 2 is 2.19 bits per heavy atom. The molecule has 1 aromatic heterocycles. The molecule has 1 unspecified atom stereocenters. The molecule has 0 spiro atoms. The smallest absolute Gasteiger partial charge is 0.122 e. The van der Waals surface area contributed by atoms with E-state index in [0.717, 1.165) is 30.9 Å². The SMILES string of the molecule is CCCc1nc(C(C)OC)sc1CNCC. The first-order valence-corrected chi connectivity index (χ1v) is 6.76. The fraction of sp³-hybridized carbons (Fsp3) is 0.750. The van der Waals surface area contributed by atoms with Crippen molar-refractivity contribution in [2.75, 3.05) is 13.7 Å². The Hall–Kier alpha value is -0.450. The van der Waals surface area contributed by atoms with Crippen molar-refractivity contribution in [1.29, 1.82) is 0 Å². The first-order chi connectivity index (χ1) is 7.72. The van der Waals surface area contributed by atoms with E-state index in [1.807, 2.05) is 6.92 Å². The van der Waals surface area contributed by atoms with E-state index in [2.05, 4.69) is 24.1 Å². The van der Waals surface area contributed by atoms with E-state index in [-0.39, 0.29) is 6.10 Å². The summed E-state index contributed by atoms with van der Waals surface area (Å²) in [6, 6.07) is 0. The Morgan fingerprint density at radius 1 is 1.44 bits per heavy atom. The fourth-order valence-electron chi connectivity index (χ4n) is 1.49. The zero-order valence-corrected chi connectivity index (χ0v) is 11.5. The van der Waals surface area contributed by atoms with E-state index in [1.54, 1.807) is 18.4 Å². The predicted octanol–water partition coefficient (Wildman–Crippen LogP) is 2.91. The van der Waals surface area contributed by atoms with Gasteiger partial charge in [-0.1, -0.05) is 20.3 Å². The third-order valence-corrected chi connectivity index (χ3v) is 3.78. The molecule has 92 valence electrons. The summed E-state index contributed by atoms with van der Waals surface area (Å²) in [4.78, 5) is 6.04. The van der Waals surface area contributed by atoms with Crippen LogP contribution in [0.25, 0.3) is 0 Å². The molecule has 0 amide bonds. The molecule has 16 heavy (non-hydrogen) atoms. The predicted molar refractivity (Wildman–Crippen MR) is 68.9 cm³/mol. The largest absolute Gasteiger partial charge is 0.375 e. The number of nitrogens with zero attached hydrogens (tertiary/aromatic N) is 1. The van der Waals surface area contributed by atoms with Gasteiger partial charge in [-0.05, 0) is 19.9 Å². The molecule has 0 aromatic carbocycles. The number of nitrogens with one attached hydrogen (secondary N) is 1. The van der Waals surface area contributed by atoms with Crippen molar-refractivity contribution < 1.29 is 4.74 Å². The number of thiazole rings is 1. The highest BCUT2D eigenvalue weighted by Gasteiger charge is 2.14. The van der Waals surface area contributed by atoms with Crippen LogP contribution in [-0.2, 0) is 17.7 Å². The molecule has 1 rings (SSSR count). The summed E-state index contributed by atoms with van der Waals surface area (Å²) in [5, 5.41) is 4.46. The van der Waals surface area contributed by atoms with Crippen molar-refractivity contribution >= 4 is 11.3 Å². The van der Waals surface area contributed by atoms with Crippen LogP contribution in [0.4, 0.5) is 0 Å². The van der Waals surface area contributed by atoms with Crippen molar-refractivity contribution in [1.82, 2.24) is 10.3 Å². The van der Waals surface area contributed by atoms with Crippen LogP contribution in [0.1, 0.15) is 48.9 Å². The maximum Gasteiger partial charge on any atom is 0.122 e. The highest BCUT2D eigenvalue weighted by atomic mass is 32.1. The summed E-state index contributed by atoms with van der Waals surface area (Å²) in [5.41, 5.74) is 1.24. The lowest BCUT2D eigenvalue weighted by Crippen LogP contribution is -2.11. The van der Waals surface area contributed by atoms with Gasteiger partial charge in [0.15, 0.2) is 0 Å². The molecule has 4 heteroatoms. The Kier molecular flexibility index (Phi) is 5.95. The van der Waals surface area contributed by atoms with E-state index >= 15 is 0 Å². The van der Waals surface area contributed by atoms with Gasteiger partial charge in [0.2, 0.25) is 0 Å². The van der Waals surface area contributed by atoms with Crippen LogP contribution in [0.5, 0.6) is 0 Å². The molecule has 1 aromatic rings. The normalized spacial score (nSPS) is 13.0. The Bertz CT molecular complexity index is 312. The minimum Gasteiger partial charge on any atom is -0.375 e. The lowest BCUT2D eigenvalue weighted by atomic mass is 10.2. The molecule has 0 bridgehead atoms. The van der Waals surface area contributed by atoms with Gasteiger partial charge in [0.1, 0.15) is 11.1 Å². The maximum atomic E-state index is 5.31. The van der Waals surface area contributed by atoms with E-state index < -0.39 is 0 Å². The minimum atomic E-state index is 0.107. The number of rotatable bonds is 7. The van der Waals surface area contributed by atoms with Crippen molar-refractivity contribution in [3.63, 3.8) is 0 Å². The standard InChI is InChI=1S/C12H22N2OS/c1-5-7-10-11(8-13-6-2)16-12(14-10)9(3)15-4/h9,13H,5-8H2,1-4H3. The molecule has 0 saturated heterocycles. The number of ether oxygens (including phenoxy) is 1. The van der Waals surface area contributed by atoms with Crippen molar-refractivity contribution in [3.05, 3.63) is 15.6 Å². The molecular weight excluding hydrogens is 220 g/mol. The van der Waals surface area contributed by atoms with Crippen LogP contribution < -0.4 is 5.32 Å². The lowest BCUT2D eigenvalue weighted by molar-refractivity contribution is 0.119. The highest BCUT2D eigenvalue weighted by molar-refractivity contribution is 7.11. The lowest BCUT2D eigenvalue weighted by Gasteiger charge is -2.03. The molecule has 1 atom stereocenters. The van der Waals surface area contributed by atoms with Gasteiger partial charge >= 0.3 is 0 Å². The van der Waals surface area contributed by atoms with Crippen molar-refractivity contribution in [3.8, 4) is 0 Å². The molecule has 1 heterocycles. The van der Waals surface area contributed by atoms with Crippen molar-refractivity contribution in [2.45, 2.75) is 46.3 Å². The first kappa shape index (κ1) is 13.6. The summed E-state index contributed by atoms with van der Waals surface area (Å²) in [5.74, 6) is 0. The second-order valence-electron chi connectivity index (χ2n) is 3.83. The first-order valence-electron chi connectivity index (χ1n) is 5.94. The average molecular weight is 242 g/mol. The zero-order valence-electron chi connectivity index (χ0n) is 10.7. The molecule has 3 nitrogen and oxygen atoms in total. The fourth-order valence-corrected chi connectivity index (χ4v) is 2.60. The van der Waals surface area contributed by atoms with E-state index in [9.17, 15) is 0 Å². The molecule has 0 aliphatic rings. The van der Waals surface area contributed by atoms with Crippen LogP contribution in [-0.4, -0.2) is 18.6 Å². The highest BCUT2D eigenvalue weighted by Crippen LogP contribution is 2.26. The van der Waals surface area contributed by atoms with E-state index in [4.69, 9.17) is 4.74 Å². The van der Waals surface area contributed by atoms with Gasteiger partial charge in [-0.3, -0.25) is 0 Å². The molecule has 0 radical (unpaired) electrons. The molecule has 0 saturated carbocycles. The van der Waals surface area contributed by atoms with Crippen LogP contribution in [0.15, 0.2) is 0 Å². The number of hydrogen-bond acceptors (Lipinski definition) is 4. The van der Waals surface area contributed by atoms with Gasteiger partial charge < -0.3 is 10.1 Å². The van der Waals surface area contributed by atoms with Crippen molar-refractivity contribution in [2.24, 2.45) is 0 Å². The zero-order chi connectivity index (χ0) is 12.0. The van der Waals surface area contributed by atoms with Crippen LogP contribution in [0.2, 0.25) is 0 Å². The number of aryl methyl sites for hydroxylation is 1. The second kappa shape index (κ2) is 6.99. The number of aromatic nitrogens is 1. The summed E-state index contributed by atoms with van der Waals surface area (Å²) in [7, 11) is 1.73. The number of hydrogen-bond donors (Lipinski definition) is 1. The van der Waals surface area contributed by atoms with Gasteiger partial charge in [0.05, 0.1) is 5.69 Å². The van der Waals surface area contributed by atoms with E-state index in [0.29, 0.717) is 0 Å². The van der Waals surface area contributed by atoms with Gasteiger partial charge in [0, 0.05) is 18.5 Å². The summed E-state index contributed by atoms with van der Waals surface area (Å²) in [6.07, 6.45) is 2.31. The minimum absolute atomic E-state index is 0.107. The summed E-state index contributed by atoms with van der Waals surface area (Å²) in [6.45, 7) is 8.29. The van der Waals surface area contributed by atoms with E-state index in [1.165, 1.54) is 10.6 Å². The Morgan fingerprint density at radius 3 is 2.75 bits per heavy atom. The van der Waals surface area contributed by atoms with Gasteiger partial charge in [-0.2, -0.15) is 0 Å². The third kappa shape index (κ3) is 3.54. The Balaban J connectivity index is 2.81. The van der Waals surface area contributed by atoms with Crippen LogP contribution >= 0.6 is 11.3 Å². The molecule has 0 aliphatic heterocycles. The average Bonchev–Trinajstić information content (AvgIpc) is 2.69. The van der Waals surface area contributed by atoms with Gasteiger partial charge in [0.25, 0.3) is 0 Å². The second-order valence-corrected chi connectivity index (χ2v) is 4.95. The molecule has 1 N–H and O–H groups in total. The molecule has 0 aliphatic carbocycles. The molecular formula is C12H22N2OS. The van der Waals surface area contributed by atoms with Gasteiger partial charge in [-0.15, -0.1) is 11.3 Å². The van der Waals surface area contributed by atoms with Gasteiger partial charge in [-0.25, -0.2) is 4.98 Å². The van der Waals surface area contributed by atoms with Crippen LogP contribution in [0, 0.1) is 0 Å². The maximum absolute atomic E-state index is 5.31. The topological polar surface area (TPSA) is 34.1 Å². The summed E-state index contributed by atoms with van der Waals surface area (Å²) >= 11 is 1.77. The van der Waals surface area contributed by atoms with Crippen LogP contribution in [0.3, 0.4) is 0 Å².